The third-order valence-corrected chi connectivity index (χ3v) is 0.205. The first-order valence-corrected chi connectivity index (χ1v) is 1.45. The zero-order valence-electron chi connectivity index (χ0n) is 2.33. The predicted octanol–water partition coefficient (Wildman–Crippen LogP) is 0.893. The normalized spacial score (nSPS) is 12.2. The van der Waals surface area contributed by atoms with Gasteiger partial charge in [0.25, 0.3) is 0 Å². The van der Waals surface area contributed by atoms with Crippen LogP contribution in [-0.2, 0) is 0 Å². The first kappa shape index (κ1) is 4.82. The van der Waals surface area contributed by atoms with Gasteiger partial charge in [0.1, 0.15) is 22.0 Å². The minimum Gasteiger partial charge on any atom is -0.216 e. The summed E-state index contributed by atoms with van der Waals surface area (Å²) in [7, 11) is 2.24. The fraction of sp³-hybridized carbons (Fsp3) is 0. The smallest absolute Gasteiger partial charge is 0.118 e. The summed E-state index contributed by atoms with van der Waals surface area (Å²) >= 11 is 0. The highest BCUT2D eigenvalue weighted by Crippen LogP contribution is 1.83. The third kappa shape index (κ3) is 3.82. The van der Waals surface area contributed by atoms with Crippen LogP contribution in [0.5, 0.6) is 0 Å². The Hall–Kier alpha value is -0.183. The predicted molar refractivity (Wildman–Crippen MR) is 16.1 cm³/mol. The van der Waals surface area contributed by atoms with Gasteiger partial charge in [0, 0.05) is 0 Å². The van der Waals surface area contributed by atoms with E-state index < -0.39 is 5.45 Å². The summed E-state index contributed by atoms with van der Waals surface area (Å²) in [6.07, 6.45) is -0.170. The lowest BCUT2D eigenvalue weighted by Gasteiger charge is -1.64. The van der Waals surface area contributed by atoms with Gasteiger partial charge in [-0.25, -0.2) is 8.78 Å². The average Bonchev–Trinajstić information content (AvgIpc) is 1.38. The Morgan fingerprint density at radius 3 is 2.00 bits per heavy atom. The van der Waals surface area contributed by atoms with Crippen molar-refractivity contribution in [2.45, 2.75) is 0 Å². The summed E-state index contributed by atoms with van der Waals surface area (Å²) in [6.45, 7) is 0. The summed E-state index contributed by atoms with van der Waals surface area (Å²) in [5.74, 6) is 0. The monoisotopic (exact) mass is 91.0 g/mol. The highest BCUT2D eigenvalue weighted by molar-refractivity contribution is 6.19. The topological polar surface area (TPSA) is 0 Å². The van der Waals surface area contributed by atoms with Gasteiger partial charge in [0.15, 0.2) is 0 Å². The lowest BCUT2D eigenvalue weighted by molar-refractivity contribution is 0.626. The Balaban J connectivity index is 3.14. The van der Waals surface area contributed by atoms with E-state index in [1.54, 1.807) is 0 Å². The van der Waals surface area contributed by atoms with Crippen LogP contribution in [0.25, 0.3) is 0 Å². The summed E-state index contributed by atoms with van der Waals surface area (Å²) in [4.78, 5) is 0. The van der Waals surface area contributed by atoms with Gasteiger partial charge in [0.05, 0.1) is 0 Å². The number of halogens is 2. The van der Waals surface area contributed by atoms with Crippen molar-refractivity contribution >= 4 is 10.2 Å². The molecular formula is C2HF2Si. The third-order valence-electron chi connectivity index (χ3n) is 0.0958. The van der Waals surface area contributed by atoms with Crippen LogP contribution in [0.4, 0.5) is 8.78 Å². The number of hydrogen-bond acceptors (Lipinski definition) is 0. The molecular weight excluding hydrogens is 90.1 g/mol. The minimum atomic E-state index is -0.981. The summed E-state index contributed by atoms with van der Waals surface area (Å²) in [5.41, 5.74) is -0.981. The van der Waals surface area contributed by atoms with Crippen LogP contribution in [0.2, 0.25) is 0 Å². The zero-order valence-corrected chi connectivity index (χ0v) is 3.33. The van der Waals surface area contributed by atoms with E-state index in [9.17, 15) is 8.78 Å². The van der Waals surface area contributed by atoms with Crippen molar-refractivity contribution < 1.29 is 8.78 Å². The van der Waals surface area contributed by atoms with E-state index in [0.29, 0.717) is 0 Å². The molecule has 0 saturated carbocycles. The quantitative estimate of drug-likeness (QED) is 0.388. The van der Waals surface area contributed by atoms with E-state index in [-0.39, 0.29) is 6.33 Å². The van der Waals surface area contributed by atoms with Crippen LogP contribution in [-0.4, -0.2) is 10.2 Å². The Bertz CT molecular complexity index is 45.6. The van der Waals surface area contributed by atoms with E-state index in [0.717, 1.165) is 0 Å². The van der Waals surface area contributed by atoms with Gasteiger partial charge in [-0.1, -0.05) is 0 Å². The first-order chi connectivity index (χ1) is 2.27. The lowest BCUT2D eigenvalue weighted by atomic mass is 11.1. The van der Waals surface area contributed by atoms with Crippen molar-refractivity contribution in [3.05, 3.63) is 11.8 Å². The number of rotatable bonds is 0. The molecule has 0 heterocycles. The highest BCUT2D eigenvalue weighted by Gasteiger charge is 1.71. The molecule has 3 heteroatoms. The second-order valence-electron chi connectivity index (χ2n) is 0.457. The molecule has 0 unspecified atom stereocenters. The van der Waals surface area contributed by atoms with E-state index in [2.05, 4.69) is 10.2 Å². The molecule has 0 aliphatic rings. The van der Waals surface area contributed by atoms with E-state index in [1.165, 1.54) is 0 Å². The Kier molecular flexibility index (Phi) is 2.00. The Morgan fingerprint density at radius 2 is 2.00 bits per heavy atom. The minimum absolute atomic E-state index is 0.170. The van der Waals surface area contributed by atoms with Crippen LogP contribution in [0.3, 0.4) is 0 Å². The Morgan fingerprint density at radius 1 is 1.80 bits per heavy atom. The maximum absolute atomic E-state index is 10.8. The second kappa shape index (κ2) is 2.08. The molecule has 0 atom stereocenters. The first-order valence-electron chi connectivity index (χ1n) is 0.946. The Labute approximate surface area is 31.9 Å². The van der Waals surface area contributed by atoms with E-state index >= 15 is 0 Å². The molecule has 0 aliphatic heterocycles. The maximum Gasteiger partial charge on any atom is 0.118 e. The van der Waals surface area contributed by atoms with Crippen LogP contribution < -0.4 is 0 Å². The second-order valence-corrected chi connectivity index (χ2v) is 0.935. The van der Waals surface area contributed by atoms with Gasteiger partial charge >= 0.3 is 0 Å². The fourth-order valence-corrected chi connectivity index (χ4v) is 0. The van der Waals surface area contributed by atoms with Gasteiger partial charge in [-0.05, 0) is 0 Å². The van der Waals surface area contributed by atoms with Crippen LogP contribution in [0, 0.1) is 0 Å². The van der Waals surface area contributed by atoms with Crippen LogP contribution in [0.15, 0.2) is 11.8 Å². The standard InChI is InChI=1S/C2HF2Si/c3-1-2(4)5/h1H. The molecule has 0 rings (SSSR count). The molecule has 0 aromatic heterocycles. The van der Waals surface area contributed by atoms with Crippen molar-refractivity contribution in [2.24, 2.45) is 0 Å². The molecule has 0 nitrogen and oxygen atoms in total. The van der Waals surface area contributed by atoms with E-state index in [4.69, 9.17) is 0 Å². The maximum atomic E-state index is 10.8. The van der Waals surface area contributed by atoms with E-state index in [1.807, 2.05) is 0 Å². The molecule has 0 aliphatic carbocycles. The summed E-state index contributed by atoms with van der Waals surface area (Å²) in [5, 5.41) is 0. The fourth-order valence-electron chi connectivity index (χ4n) is 0. The molecule has 0 fully saturated rings. The van der Waals surface area contributed by atoms with Gasteiger partial charge in [-0.3, -0.25) is 0 Å². The molecule has 0 N–H and O–H groups in total. The molecule has 0 saturated heterocycles. The lowest BCUT2D eigenvalue weighted by Crippen LogP contribution is -1.58. The largest absolute Gasteiger partial charge is 0.216 e. The summed E-state index contributed by atoms with van der Waals surface area (Å²) < 4.78 is 21.4. The molecule has 0 spiro atoms. The molecule has 0 bridgehead atoms. The number of hydrogen-bond donors (Lipinski definition) is 0. The molecule has 0 aromatic rings. The van der Waals surface area contributed by atoms with Gasteiger partial charge < -0.3 is 0 Å². The van der Waals surface area contributed by atoms with Crippen molar-refractivity contribution in [1.82, 2.24) is 0 Å². The zero-order chi connectivity index (χ0) is 4.28. The van der Waals surface area contributed by atoms with Crippen molar-refractivity contribution in [3.63, 3.8) is 0 Å². The van der Waals surface area contributed by atoms with Crippen molar-refractivity contribution in [3.8, 4) is 0 Å². The van der Waals surface area contributed by atoms with Gasteiger partial charge in [0.2, 0.25) is 0 Å². The highest BCUT2D eigenvalue weighted by atomic mass is 28.1. The van der Waals surface area contributed by atoms with Crippen LogP contribution >= 0.6 is 0 Å². The van der Waals surface area contributed by atoms with Gasteiger partial charge in [-0.2, -0.15) is 0 Å². The SMILES string of the molecule is FC=C(F)[Si]. The molecule has 0 aromatic carbocycles. The average molecular weight is 91.1 g/mol. The molecule has 5 heavy (non-hydrogen) atoms. The molecule has 0 amide bonds. The molecule has 3 radical (unpaired) electrons. The molecule has 27 valence electrons. The van der Waals surface area contributed by atoms with Gasteiger partial charge in [-0.15, -0.1) is 0 Å². The van der Waals surface area contributed by atoms with Crippen molar-refractivity contribution in [2.75, 3.05) is 0 Å². The summed E-state index contributed by atoms with van der Waals surface area (Å²) in [6, 6.07) is 0. The van der Waals surface area contributed by atoms with Crippen LogP contribution in [0.1, 0.15) is 0 Å². The van der Waals surface area contributed by atoms with Crippen molar-refractivity contribution in [1.29, 1.82) is 0 Å².